The van der Waals surface area contributed by atoms with Gasteiger partial charge in [0.2, 0.25) is 0 Å². The summed E-state index contributed by atoms with van der Waals surface area (Å²) in [6.07, 6.45) is 4.24. The van der Waals surface area contributed by atoms with E-state index in [1.54, 1.807) is 24.3 Å². The predicted octanol–water partition coefficient (Wildman–Crippen LogP) is 3.17. The van der Waals surface area contributed by atoms with E-state index in [4.69, 9.17) is 0 Å². The van der Waals surface area contributed by atoms with Gasteiger partial charge in [-0.1, -0.05) is 18.2 Å². The number of carbonyl (C=O) groups excluding carboxylic acids is 2. The van der Waals surface area contributed by atoms with E-state index in [2.05, 4.69) is 9.78 Å². The Hall–Kier alpha value is -2.95. The van der Waals surface area contributed by atoms with E-state index < -0.39 is 0 Å². The molecule has 0 saturated heterocycles. The van der Waals surface area contributed by atoms with E-state index >= 15 is 0 Å². The second-order valence-electron chi connectivity index (χ2n) is 6.46. The maximum Gasteiger partial charge on any atom is 0.261 e. The number of amides is 2. The quantitative estimate of drug-likeness (QED) is 0.697. The Balaban J connectivity index is 1.47. The van der Waals surface area contributed by atoms with Crippen LogP contribution in [0.5, 0.6) is 0 Å². The Morgan fingerprint density at radius 1 is 1.00 bits per heavy atom. The average Bonchev–Trinajstić information content (AvgIpc) is 3.33. The van der Waals surface area contributed by atoms with Gasteiger partial charge in [-0.25, -0.2) is 0 Å². The molecule has 0 unspecified atom stereocenters. The number of carbonyl (C=O) groups is 2. The molecule has 24 heavy (non-hydrogen) atoms. The van der Waals surface area contributed by atoms with Crippen LogP contribution in [0.2, 0.25) is 0 Å². The lowest BCUT2D eigenvalue weighted by molar-refractivity contribution is 0.0642. The second kappa shape index (κ2) is 4.77. The van der Waals surface area contributed by atoms with E-state index in [1.807, 2.05) is 24.4 Å². The minimum Gasteiger partial charge on any atom is -0.270 e. The van der Waals surface area contributed by atoms with Crippen LogP contribution in [-0.4, -0.2) is 26.5 Å². The van der Waals surface area contributed by atoms with E-state index in [9.17, 15) is 9.59 Å². The molecule has 0 spiro atoms. The topological polar surface area (TPSA) is 55.2 Å². The molecule has 2 aromatic carbocycles. The third-order valence-corrected chi connectivity index (χ3v) is 4.77. The van der Waals surface area contributed by atoms with Gasteiger partial charge >= 0.3 is 0 Å². The molecule has 1 fully saturated rings. The maximum absolute atomic E-state index is 12.5. The van der Waals surface area contributed by atoms with Crippen LogP contribution in [0.1, 0.15) is 45.2 Å². The second-order valence-corrected chi connectivity index (χ2v) is 6.46. The molecule has 1 aliphatic carbocycles. The smallest absolute Gasteiger partial charge is 0.261 e. The van der Waals surface area contributed by atoms with Gasteiger partial charge in [0.05, 0.1) is 35.4 Å². The number of nitrogens with zero attached hydrogens (tertiary/aromatic N) is 3. The first-order valence-corrected chi connectivity index (χ1v) is 8.14. The van der Waals surface area contributed by atoms with Crippen molar-refractivity contribution in [2.75, 3.05) is 0 Å². The summed E-state index contributed by atoms with van der Waals surface area (Å²) in [5.74, 6) is -0.436. The lowest BCUT2D eigenvalue weighted by atomic mass is 10.1. The standard InChI is InChI=1S/C19H15N3O2/c23-18-15-3-1-2-4-16(15)19(24)21(18)11-12-5-8-17-13(9-12)10-20-22(17)14-6-7-14/h1-5,8-10,14H,6-7,11H2. The lowest BCUT2D eigenvalue weighted by Gasteiger charge is -2.14. The van der Waals surface area contributed by atoms with E-state index in [0.29, 0.717) is 17.2 Å². The van der Waals surface area contributed by atoms with Crippen LogP contribution in [0, 0.1) is 0 Å². The van der Waals surface area contributed by atoms with Gasteiger partial charge in [0.15, 0.2) is 0 Å². The van der Waals surface area contributed by atoms with Gasteiger partial charge in [-0.05, 0) is 42.7 Å². The normalized spacial score (nSPS) is 16.9. The molecule has 0 bridgehead atoms. The van der Waals surface area contributed by atoms with Crippen LogP contribution < -0.4 is 0 Å². The van der Waals surface area contributed by atoms with E-state index in [0.717, 1.165) is 16.5 Å². The van der Waals surface area contributed by atoms with Crippen molar-refractivity contribution in [2.24, 2.45) is 0 Å². The monoisotopic (exact) mass is 317 g/mol. The SMILES string of the molecule is O=C1c2ccccc2C(=O)N1Cc1ccc2c(cnn2C2CC2)c1. The van der Waals surface area contributed by atoms with Crippen LogP contribution in [0.4, 0.5) is 0 Å². The highest BCUT2D eigenvalue weighted by atomic mass is 16.2. The van der Waals surface area contributed by atoms with Gasteiger partial charge in [-0.15, -0.1) is 0 Å². The molecule has 2 amide bonds. The predicted molar refractivity (Wildman–Crippen MR) is 88.7 cm³/mol. The minimum atomic E-state index is -0.218. The zero-order valence-electron chi connectivity index (χ0n) is 13.0. The Kier molecular flexibility index (Phi) is 2.68. The molecule has 5 nitrogen and oxygen atoms in total. The molecule has 0 atom stereocenters. The first-order chi connectivity index (χ1) is 11.7. The highest BCUT2D eigenvalue weighted by Crippen LogP contribution is 2.36. The number of imide groups is 1. The summed E-state index contributed by atoms with van der Waals surface area (Å²) in [6, 6.07) is 13.5. The summed E-state index contributed by atoms with van der Waals surface area (Å²) in [6.45, 7) is 0.289. The maximum atomic E-state index is 12.5. The molecule has 1 aliphatic heterocycles. The van der Waals surface area contributed by atoms with Crippen molar-refractivity contribution in [3.8, 4) is 0 Å². The molecular formula is C19H15N3O2. The van der Waals surface area contributed by atoms with Crippen molar-refractivity contribution in [2.45, 2.75) is 25.4 Å². The molecular weight excluding hydrogens is 302 g/mol. The zero-order chi connectivity index (χ0) is 16.3. The summed E-state index contributed by atoms with van der Waals surface area (Å²) in [7, 11) is 0. The lowest BCUT2D eigenvalue weighted by Crippen LogP contribution is -2.29. The molecule has 5 rings (SSSR count). The Labute approximate surface area is 138 Å². The molecule has 0 radical (unpaired) electrons. The van der Waals surface area contributed by atoms with Gasteiger partial charge in [0.1, 0.15) is 0 Å². The van der Waals surface area contributed by atoms with Gasteiger partial charge in [0, 0.05) is 5.39 Å². The summed E-state index contributed by atoms with van der Waals surface area (Å²) < 4.78 is 2.07. The van der Waals surface area contributed by atoms with Crippen LogP contribution >= 0.6 is 0 Å². The van der Waals surface area contributed by atoms with Crippen molar-refractivity contribution < 1.29 is 9.59 Å². The van der Waals surface area contributed by atoms with Gasteiger partial charge < -0.3 is 0 Å². The van der Waals surface area contributed by atoms with Crippen LogP contribution in [-0.2, 0) is 6.54 Å². The molecule has 2 heterocycles. The highest BCUT2D eigenvalue weighted by molar-refractivity contribution is 6.21. The Bertz CT molecular complexity index is 966. The summed E-state index contributed by atoms with van der Waals surface area (Å²) in [5.41, 5.74) is 3.03. The number of fused-ring (bicyclic) bond motifs is 2. The van der Waals surface area contributed by atoms with Crippen LogP contribution in [0.25, 0.3) is 10.9 Å². The fraction of sp³-hybridized carbons (Fsp3) is 0.211. The van der Waals surface area contributed by atoms with Crippen molar-refractivity contribution in [1.82, 2.24) is 14.7 Å². The highest BCUT2D eigenvalue weighted by Gasteiger charge is 2.35. The minimum absolute atomic E-state index is 0.218. The van der Waals surface area contributed by atoms with Gasteiger partial charge in [-0.3, -0.25) is 19.2 Å². The first kappa shape index (κ1) is 13.5. The van der Waals surface area contributed by atoms with E-state index in [1.165, 1.54) is 17.7 Å². The Morgan fingerprint density at radius 3 is 2.38 bits per heavy atom. The molecule has 118 valence electrons. The molecule has 1 saturated carbocycles. The van der Waals surface area contributed by atoms with Crippen molar-refractivity contribution in [3.05, 3.63) is 65.4 Å². The van der Waals surface area contributed by atoms with Gasteiger partial charge in [0.25, 0.3) is 11.8 Å². The number of benzene rings is 2. The molecule has 2 aliphatic rings. The van der Waals surface area contributed by atoms with E-state index in [-0.39, 0.29) is 18.4 Å². The first-order valence-electron chi connectivity index (χ1n) is 8.14. The van der Waals surface area contributed by atoms with Crippen molar-refractivity contribution in [1.29, 1.82) is 0 Å². The van der Waals surface area contributed by atoms with Crippen molar-refractivity contribution in [3.63, 3.8) is 0 Å². The third-order valence-electron chi connectivity index (χ3n) is 4.77. The summed E-state index contributed by atoms with van der Waals surface area (Å²) in [5, 5.41) is 5.51. The third kappa shape index (κ3) is 1.91. The number of hydrogen-bond acceptors (Lipinski definition) is 3. The molecule has 0 N–H and O–H groups in total. The summed E-state index contributed by atoms with van der Waals surface area (Å²) in [4.78, 5) is 26.2. The van der Waals surface area contributed by atoms with Crippen molar-refractivity contribution >= 4 is 22.7 Å². The van der Waals surface area contributed by atoms with Gasteiger partial charge in [-0.2, -0.15) is 5.10 Å². The molecule has 5 heteroatoms. The fourth-order valence-electron chi connectivity index (χ4n) is 3.38. The average molecular weight is 317 g/mol. The Morgan fingerprint density at radius 2 is 1.71 bits per heavy atom. The fourth-order valence-corrected chi connectivity index (χ4v) is 3.38. The molecule has 1 aromatic heterocycles. The molecule has 3 aromatic rings. The largest absolute Gasteiger partial charge is 0.270 e. The number of hydrogen-bond donors (Lipinski definition) is 0. The number of aromatic nitrogens is 2. The summed E-state index contributed by atoms with van der Waals surface area (Å²) >= 11 is 0. The van der Waals surface area contributed by atoms with Crippen LogP contribution in [0.3, 0.4) is 0 Å². The zero-order valence-corrected chi connectivity index (χ0v) is 13.0. The number of rotatable bonds is 3. The van der Waals surface area contributed by atoms with Crippen LogP contribution in [0.15, 0.2) is 48.7 Å².